The smallest absolute Gasteiger partial charge is 0.264 e. The molecule has 0 aliphatic heterocycles. The number of hydrogen-bond acceptors (Lipinski definition) is 5. The summed E-state index contributed by atoms with van der Waals surface area (Å²) in [6, 6.07) is 26.2. The first-order valence-electron chi connectivity index (χ1n) is 14.8. The van der Waals surface area contributed by atoms with Gasteiger partial charge in [-0.25, -0.2) is 12.8 Å². The maximum atomic E-state index is 14.5. The minimum atomic E-state index is -4.33. The topological polar surface area (TPSA) is 96.0 Å². The van der Waals surface area contributed by atoms with Gasteiger partial charge in [-0.2, -0.15) is 0 Å². The molecule has 0 radical (unpaired) electrons. The predicted octanol–water partition coefficient (Wildman–Crippen LogP) is 6.35. The zero-order valence-corrected chi connectivity index (χ0v) is 28.3. The average Bonchev–Trinajstić information content (AvgIpc) is 3.06. The lowest BCUT2D eigenvalue weighted by Crippen LogP contribution is -2.54. The molecule has 4 rings (SSSR count). The number of carbonyl (C=O) groups is 2. The number of methoxy groups -OCH3 is 1. The van der Waals surface area contributed by atoms with E-state index in [-0.39, 0.29) is 35.5 Å². The maximum absolute atomic E-state index is 14.5. The van der Waals surface area contributed by atoms with Gasteiger partial charge in [0, 0.05) is 23.5 Å². The van der Waals surface area contributed by atoms with Crippen LogP contribution >= 0.6 is 15.9 Å². The lowest BCUT2D eigenvalue weighted by atomic mass is 10.0. The third-order valence-electron chi connectivity index (χ3n) is 7.55. The third kappa shape index (κ3) is 8.95. The zero-order valence-electron chi connectivity index (χ0n) is 25.9. The number of sulfonamides is 1. The van der Waals surface area contributed by atoms with Crippen molar-refractivity contribution in [1.29, 1.82) is 0 Å². The Morgan fingerprint density at radius 2 is 1.57 bits per heavy atom. The number of halogens is 2. The van der Waals surface area contributed by atoms with Crippen molar-refractivity contribution < 1.29 is 27.1 Å². The number of benzene rings is 4. The van der Waals surface area contributed by atoms with Gasteiger partial charge in [-0.3, -0.25) is 13.9 Å². The van der Waals surface area contributed by atoms with E-state index in [4.69, 9.17) is 4.74 Å². The largest absolute Gasteiger partial charge is 0.497 e. The molecule has 2 amide bonds. The minimum Gasteiger partial charge on any atom is -0.497 e. The molecule has 0 bridgehead atoms. The van der Waals surface area contributed by atoms with Crippen molar-refractivity contribution in [2.45, 2.75) is 50.2 Å². The van der Waals surface area contributed by atoms with Crippen LogP contribution in [-0.2, 0) is 32.6 Å². The highest BCUT2D eigenvalue weighted by Crippen LogP contribution is 2.27. The van der Waals surface area contributed by atoms with Crippen LogP contribution < -0.4 is 14.4 Å². The van der Waals surface area contributed by atoms with Crippen LogP contribution in [0.5, 0.6) is 5.75 Å². The zero-order chi connectivity index (χ0) is 33.3. The summed E-state index contributed by atoms with van der Waals surface area (Å²) < 4.78 is 49.0. The van der Waals surface area contributed by atoms with Crippen LogP contribution in [0.2, 0.25) is 0 Å². The minimum absolute atomic E-state index is 0.0313. The standard InChI is InChI=1S/C35H37BrFN3O5S/c1-4-25(2)38-35(42)33(22-26-9-6-5-7-10-26)39(23-27-11-8-12-28(36)21-27)34(41)24-40(30-15-13-29(37)14-16-30)46(43,44)32-19-17-31(45-3)18-20-32/h5-21,25,33H,4,22-24H2,1-3H3,(H,38,42)/t25-,33-/m0/s1. The van der Waals surface area contributed by atoms with Gasteiger partial charge in [0.25, 0.3) is 10.0 Å². The van der Waals surface area contributed by atoms with Crippen LogP contribution in [0.25, 0.3) is 0 Å². The first kappa shape index (κ1) is 34.6. The van der Waals surface area contributed by atoms with Crippen LogP contribution in [0.4, 0.5) is 10.1 Å². The van der Waals surface area contributed by atoms with Crippen molar-refractivity contribution in [2.24, 2.45) is 0 Å². The molecule has 0 saturated carbocycles. The van der Waals surface area contributed by atoms with Crippen molar-refractivity contribution in [1.82, 2.24) is 10.2 Å². The van der Waals surface area contributed by atoms with E-state index in [1.807, 2.05) is 68.4 Å². The molecule has 4 aromatic carbocycles. The highest BCUT2D eigenvalue weighted by Gasteiger charge is 2.35. The molecule has 46 heavy (non-hydrogen) atoms. The molecule has 0 unspecified atom stereocenters. The lowest BCUT2D eigenvalue weighted by Gasteiger charge is -2.34. The lowest BCUT2D eigenvalue weighted by molar-refractivity contribution is -0.140. The van der Waals surface area contributed by atoms with Crippen LogP contribution in [-0.4, -0.2) is 50.9 Å². The van der Waals surface area contributed by atoms with E-state index < -0.39 is 34.3 Å². The summed E-state index contributed by atoms with van der Waals surface area (Å²) in [7, 11) is -2.86. The molecular formula is C35H37BrFN3O5S. The summed E-state index contributed by atoms with van der Waals surface area (Å²) in [5.74, 6) is -1.06. The number of amides is 2. The quantitative estimate of drug-likeness (QED) is 0.165. The van der Waals surface area contributed by atoms with E-state index >= 15 is 0 Å². The SMILES string of the molecule is CC[C@H](C)NC(=O)[C@H](Cc1ccccc1)N(Cc1cccc(Br)c1)C(=O)CN(c1ccc(F)cc1)S(=O)(=O)c1ccc(OC)cc1. The van der Waals surface area contributed by atoms with Gasteiger partial charge in [0.2, 0.25) is 11.8 Å². The summed E-state index contributed by atoms with van der Waals surface area (Å²) in [6.07, 6.45) is 0.881. The molecule has 0 aliphatic rings. The van der Waals surface area contributed by atoms with E-state index in [0.29, 0.717) is 12.2 Å². The Hall–Kier alpha value is -4.22. The van der Waals surface area contributed by atoms with Crippen LogP contribution in [0.15, 0.2) is 112 Å². The number of nitrogens with one attached hydrogen (secondary N) is 1. The van der Waals surface area contributed by atoms with Gasteiger partial charge in [-0.05, 0) is 85.1 Å². The number of rotatable bonds is 14. The highest BCUT2D eigenvalue weighted by molar-refractivity contribution is 9.10. The number of hydrogen-bond donors (Lipinski definition) is 1. The van der Waals surface area contributed by atoms with E-state index in [1.165, 1.54) is 48.4 Å². The molecule has 2 atom stereocenters. The monoisotopic (exact) mass is 709 g/mol. The average molecular weight is 711 g/mol. The molecule has 0 saturated heterocycles. The summed E-state index contributed by atoms with van der Waals surface area (Å²) in [6.45, 7) is 3.22. The number of anilines is 1. The summed E-state index contributed by atoms with van der Waals surface area (Å²) in [5, 5.41) is 3.01. The van der Waals surface area contributed by atoms with Crippen molar-refractivity contribution >= 4 is 43.5 Å². The Labute approximate surface area is 278 Å². The van der Waals surface area contributed by atoms with Gasteiger partial charge >= 0.3 is 0 Å². The molecule has 11 heteroatoms. The van der Waals surface area contributed by atoms with Crippen molar-refractivity contribution in [3.05, 3.63) is 125 Å². The van der Waals surface area contributed by atoms with E-state index in [9.17, 15) is 22.4 Å². The van der Waals surface area contributed by atoms with E-state index in [0.717, 1.165) is 32.0 Å². The van der Waals surface area contributed by atoms with Gasteiger partial charge in [-0.1, -0.05) is 65.3 Å². The van der Waals surface area contributed by atoms with E-state index in [2.05, 4.69) is 21.2 Å². The van der Waals surface area contributed by atoms with Gasteiger partial charge in [0.05, 0.1) is 17.7 Å². The first-order valence-corrected chi connectivity index (χ1v) is 17.1. The van der Waals surface area contributed by atoms with Crippen LogP contribution in [0.3, 0.4) is 0 Å². The van der Waals surface area contributed by atoms with Crippen molar-refractivity contribution in [2.75, 3.05) is 18.0 Å². The molecule has 0 heterocycles. The van der Waals surface area contributed by atoms with Gasteiger partial charge < -0.3 is 15.0 Å². The molecule has 1 N–H and O–H groups in total. The molecule has 0 fully saturated rings. The second-order valence-electron chi connectivity index (χ2n) is 10.8. The first-order chi connectivity index (χ1) is 22.0. The fraction of sp³-hybridized carbons (Fsp3) is 0.257. The molecular weight excluding hydrogens is 673 g/mol. The fourth-order valence-electron chi connectivity index (χ4n) is 4.84. The van der Waals surface area contributed by atoms with Crippen molar-refractivity contribution in [3.8, 4) is 5.75 Å². The molecule has 0 aliphatic carbocycles. The van der Waals surface area contributed by atoms with Crippen LogP contribution in [0.1, 0.15) is 31.4 Å². The Morgan fingerprint density at radius 3 is 2.17 bits per heavy atom. The third-order valence-corrected chi connectivity index (χ3v) is 9.84. The van der Waals surface area contributed by atoms with Crippen LogP contribution in [0, 0.1) is 5.82 Å². The molecule has 242 valence electrons. The summed E-state index contributed by atoms with van der Waals surface area (Å²) in [5.41, 5.74) is 1.67. The number of ether oxygens (including phenoxy) is 1. The van der Waals surface area contributed by atoms with Crippen molar-refractivity contribution in [3.63, 3.8) is 0 Å². The highest BCUT2D eigenvalue weighted by atomic mass is 79.9. The second kappa shape index (κ2) is 15.9. The maximum Gasteiger partial charge on any atom is 0.264 e. The Bertz CT molecular complexity index is 1720. The van der Waals surface area contributed by atoms with Gasteiger partial charge in [0.1, 0.15) is 24.2 Å². The molecule has 0 aromatic heterocycles. The Kier molecular flexibility index (Phi) is 11.9. The van der Waals surface area contributed by atoms with Gasteiger partial charge in [0.15, 0.2) is 0 Å². The normalized spacial score (nSPS) is 12.5. The Morgan fingerprint density at radius 1 is 0.913 bits per heavy atom. The number of nitrogens with zero attached hydrogens (tertiary/aromatic N) is 2. The Balaban J connectivity index is 1.80. The second-order valence-corrected chi connectivity index (χ2v) is 13.6. The molecule has 0 spiro atoms. The molecule has 8 nitrogen and oxygen atoms in total. The molecule has 4 aromatic rings. The summed E-state index contributed by atoms with van der Waals surface area (Å²) >= 11 is 3.48. The van der Waals surface area contributed by atoms with E-state index in [1.54, 1.807) is 0 Å². The predicted molar refractivity (Wildman–Crippen MR) is 180 cm³/mol. The van der Waals surface area contributed by atoms with Gasteiger partial charge in [-0.15, -0.1) is 0 Å². The fourth-order valence-corrected chi connectivity index (χ4v) is 6.70. The number of carbonyl (C=O) groups excluding carboxylic acids is 2. The summed E-state index contributed by atoms with van der Waals surface area (Å²) in [4.78, 5) is 29.7.